The smallest absolute Gasteiger partial charge is 0.291 e. The molecule has 3 aromatic rings. The molecular weight excluding hydrogens is 492 g/mol. The largest absolute Gasteiger partial charge is 0.395 e. The molecule has 0 aromatic carbocycles. The van der Waals surface area contributed by atoms with Crippen LogP contribution in [-0.4, -0.2) is 84.1 Å². The molecule has 5 heterocycles. The Morgan fingerprint density at radius 1 is 1.41 bits per heavy atom. The fourth-order valence-electron chi connectivity index (χ4n) is 4.04. The number of anilines is 1. The fraction of sp³-hybridized carbons (Fsp3) is 0.526. The van der Waals surface area contributed by atoms with Gasteiger partial charge in [-0.2, -0.15) is 0 Å². The van der Waals surface area contributed by atoms with Crippen LogP contribution in [-0.2, 0) is 14.8 Å². The van der Waals surface area contributed by atoms with Gasteiger partial charge in [-0.1, -0.05) is 11.3 Å². The second kappa shape index (κ2) is 8.73. The summed E-state index contributed by atoms with van der Waals surface area (Å²) in [6, 6.07) is 1.38. The highest BCUT2D eigenvalue weighted by atomic mass is 32.2. The van der Waals surface area contributed by atoms with E-state index >= 15 is 0 Å². The van der Waals surface area contributed by atoms with Crippen molar-refractivity contribution in [1.82, 2.24) is 29.6 Å². The van der Waals surface area contributed by atoms with Crippen LogP contribution in [0.3, 0.4) is 0 Å². The van der Waals surface area contributed by atoms with Crippen LogP contribution in [0.2, 0.25) is 0 Å². The number of aromatic nitrogens is 4. The van der Waals surface area contributed by atoms with E-state index in [0.29, 0.717) is 42.2 Å². The Balaban J connectivity index is 1.64. The summed E-state index contributed by atoms with van der Waals surface area (Å²) in [5.74, 6) is 0.213. The first-order valence-corrected chi connectivity index (χ1v) is 12.8. The second-order valence-corrected chi connectivity index (χ2v) is 11.3. The molecule has 34 heavy (non-hydrogen) atoms. The van der Waals surface area contributed by atoms with Gasteiger partial charge < -0.3 is 20.1 Å². The predicted octanol–water partition coefficient (Wildman–Crippen LogP) is 0.628. The van der Waals surface area contributed by atoms with Gasteiger partial charge in [-0.15, -0.1) is 10.2 Å². The van der Waals surface area contributed by atoms with Crippen molar-refractivity contribution in [2.24, 2.45) is 0 Å². The highest BCUT2D eigenvalue weighted by molar-refractivity contribution is 7.89. The molecule has 2 aliphatic rings. The molecule has 5 rings (SSSR count). The summed E-state index contributed by atoms with van der Waals surface area (Å²) in [5, 5.41) is 19.9. The van der Waals surface area contributed by atoms with E-state index in [0.717, 1.165) is 0 Å². The molecule has 2 fully saturated rings. The summed E-state index contributed by atoms with van der Waals surface area (Å²) in [4.78, 5) is 6.31. The van der Waals surface area contributed by atoms with Crippen LogP contribution in [0.5, 0.6) is 0 Å². The average Bonchev–Trinajstić information content (AvgIpc) is 3.44. The molecule has 1 atom stereocenters. The Morgan fingerprint density at radius 2 is 2.21 bits per heavy atom. The molecule has 0 bridgehead atoms. The van der Waals surface area contributed by atoms with Crippen LogP contribution >= 0.6 is 11.3 Å². The van der Waals surface area contributed by atoms with Gasteiger partial charge in [-0.05, 0) is 13.0 Å². The molecular formula is C19H23F2N7O4S2. The lowest BCUT2D eigenvalue weighted by atomic mass is 10.0. The van der Waals surface area contributed by atoms with E-state index in [9.17, 15) is 22.3 Å². The maximum atomic E-state index is 13.3. The molecule has 0 unspecified atom stereocenters. The number of aliphatic hydroxyl groups excluding tert-OH is 1. The molecule has 184 valence electrons. The third-order valence-electron chi connectivity index (χ3n) is 5.76. The van der Waals surface area contributed by atoms with E-state index in [2.05, 4.69) is 25.2 Å². The van der Waals surface area contributed by atoms with E-state index in [4.69, 9.17) is 4.74 Å². The quantitative estimate of drug-likeness (QED) is 0.414. The Labute approximate surface area is 197 Å². The van der Waals surface area contributed by atoms with Crippen LogP contribution < -0.4 is 14.9 Å². The van der Waals surface area contributed by atoms with Crippen molar-refractivity contribution < 1.29 is 27.0 Å². The average molecular weight is 516 g/mol. The Hall–Kier alpha value is -2.30. The Kier molecular flexibility index (Phi) is 6.02. The highest BCUT2D eigenvalue weighted by Gasteiger charge is 2.38. The van der Waals surface area contributed by atoms with Crippen molar-refractivity contribution in [3.8, 4) is 10.8 Å². The lowest BCUT2D eigenvalue weighted by Gasteiger charge is -2.38. The molecule has 0 spiro atoms. The molecule has 0 radical (unpaired) electrons. The molecule has 11 nitrogen and oxygen atoms in total. The number of pyridine rings is 1. The summed E-state index contributed by atoms with van der Waals surface area (Å²) in [7, 11) is -3.96. The lowest BCUT2D eigenvalue weighted by Crippen LogP contribution is -2.59. The van der Waals surface area contributed by atoms with E-state index in [1.165, 1.54) is 10.6 Å². The third kappa shape index (κ3) is 4.27. The van der Waals surface area contributed by atoms with E-state index in [1.807, 2.05) is 4.90 Å². The minimum Gasteiger partial charge on any atom is -0.395 e. The topological polar surface area (TPSA) is 134 Å². The number of imidazole rings is 1. The Bertz CT molecular complexity index is 1310. The fourth-order valence-corrected chi connectivity index (χ4v) is 6.13. The number of ether oxygens (including phenoxy) is 1. The van der Waals surface area contributed by atoms with Crippen LogP contribution in [0.1, 0.15) is 18.4 Å². The van der Waals surface area contributed by atoms with Crippen LogP contribution in [0.4, 0.5) is 14.5 Å². The number of rotatable bonds is 7. The van der Waals surface area contributed by atoms with E-state index < -0.39 is 27.0 Å². The summed E-state index contributed by atoms with van der Waals surface area (Å²) in [6.45, 7) is 3.82. The lowest BCUT2D eigenvalue weighted by molar-refractivity contribution is -0.0523. The number of fused-ring (bicyclic) bond motifs is 1. The maximum Gasteiger partial charge on any atom is 0.291 e. The summed E-state index contributed by atoms with van der Waals surface area (Å²) in [6.07, 6.45) is 0.186. The summed E-state index contributed by atoms with van der Waals surface area (Å²) < 4.78 is 62.2. The molecule has 2 aliphatic heterocycles. The first-order valence-electron chi connectivity index (χ1n) is 10.5. The van der Waals surface area contributed by atoms with Crippen molar-refractivity contribution in [1.29, 1.82) is 0 Å². The zero-order valence-corrected chi connectivity index (χ0v) is 19.7. The number of halogens is 2. The highest BCUT2D eigenvalue weighted by Crippen LogP contribution is 2.33. The van der Waals surface area contributed by atoms with Crippen LogP contribution in [0.15, 0.2) is 23.4 Å². The molecule has 3 N–H and O–H groups in total. The van der Waals surface area contributed by atoms with Gasteiger partial charge in [0.05, 0.1) is 42.8 Å². The van der Waals surface area contributed by atoms with Gasteiger partial charge in [0.15, 0.2) is 15.8 Å². The Morgan fingerprint density at radius 3 is 2.85 bits per heavy atom. The second-order valence-electron chi connectivity index (χ2n) is 8.58. The van der Waals surface area contributed by atoms with Crippen molar-refractivity contribution in [2.75, 3.05) is 44.4 Å². The number of nitrogens with one attached hydrogen (secondary N) is 2. The molecule has 0 amide bonds. The number of alkyl halides is 2. The molecule has 15 heteroatoms. The summed E-state index contributed by atoms with van der Waals surface area (Å²) in [5.41, 5.74) is 0.462. The minimum atomic E-state index is -3.96. The number of nitrogens with zero attached hydrogens (tertiary/aromatic N) is 5. The molecule has 3 aromatic heterocycles. The molecule has 0 aliphatic carbocycles. The number of piperazine rings is 1. The minimum absolute atomic E-state index is 0.0138. The standard InChI is InChI=1S/C19H23F2N7O4S2/c1-19(9-32-10-19)26-34(30,31)12-4-13(27-3-2-22-11(6-27)8-29)14-5-23-16(28(14)7-12)18-25-24-17(33-18)15(20)21/h4-5,7,11,15,22,26,29H,2-3,6,8-10H2,1H3/t11-/m1/s1. The van der Waals surface area contributed by atoms with Gasteiger partial charge in [0, 0.05) is 31.9 Å². The van der Waals surface area contributed by atoms with E-state index in [-0.39, 0.29) is 41.6 Å². The van der Waals surface area contributed by atoms with Crippen molar-refractivity contribution in [2.45, 2.75) is 29.8 Å². The molecule has 0 saturated carbocycles. The van der Waals surface area contributed by atoms with Gasteiger partial charge in [-0.3, -0.25) is 4.40 Å². The van der Waals surface area contributed by atoms with E-state index in [1.54, 1.807) is 19.2 Å². The SMILES string of the molecule is CC1(NS(=O)(=O)c2cc(N3CCN[C@@H](CO)C3)c3cnc(-c4nnc(C(F)F)s4)n3c2)COC1. The van der Waals surface area contributed by atoms with Gasteiger partial charge in [-0.25, -0.2) is 26.9 Å². The zero-order valence-electron chi connectivity index (χ0n) is 18.1. The normalized spacial score (nSPS) is 20.7. The monoisotopic (exact) mass is 515 g/mol. The number of sulfonamides is 1. The van der Waals surface area contributed by atoms with Gasteiger partial charge in [0.25, 0.3) is 6.43 Å². The third-order valence-corrected chi connectivity index (χ3v) is 8.29. The van der Waals surface area contributed by atoms with Crippen molar-refractivity contribution in [3.63, 3.8) is 0 Å². The van der Waals surface area contributed by atoms with Gasteiger partial charge >= 0.3 is 0 Å². The number of aliphatic hydroxyl groups is 1. The van der Waals surface area contributed by atoms with Crippen LogP contribution in [0, 0.1) is 0 Å². The maximum absolute atomic E-state index is 13.3. The predicted molar refractivity (Wildman–Crippen MR) is 120 cm³/mol. The first-order chi connectivity index (χ1) is 16.2. The first kappa shape index (κ1) is 23.4. The van der Waals surface area contributed by atoms with Crippen LogP contribution in [0.25, 0.3) is 16.3 Å². The number of hydrogen-bond donors (Lipinski definition) is 3. The van der Waals surface area contributed by atoms with Crippen molar-refractivity contribution in [3.05, 3.63) is 23.5 Å². The summed E-state index contributed by atoms with van der Waals surface area (Å²) >= 11 is 0.701. The number of hydrogen-bond acceptors (Lipinski definition) is 10. The zero-order chi connectivity index (χ0) is 24.1. The van der Waals surface area contributed by atoms with Crippen molar-refractivity contribution >= 4 is 32.6 Å². The van der Waals surface area contributed by atoms with Gasteiger partial charge in [0.2, 0.25) is 10.0 Å². The van der Waals surface area contributed by atoms with Gasteiger partial charge in [0.1, 0.15) is 4.90 Å². The molecule has 2 saturated heterocycles.